The van der Waals surface area contributed by atoms with Crippen LogP contribution in [0.5, 0.6) is 0 Å². The number of nitrogens with zero attached hydrogens (tertiary/aromatic N) is 4. The fourth-order valence-electron chi connectivity index (χ4n) is 3.14. The summed E-state index contributed by atoms with van der Waals surface area (Å²) in [6.45, 7) is 0.437. The highest BCUT2D eigenvalue weighted by Crippen LogP contribution is 2.40. The van der Waals surface area contributed by atoms with Gasteiger partial charge in [0.05, 0.1) is 27.9 Å². The van der Waals surface area contributed by atoms with Gasteiger partial charge in [0.25, 0.3) is 5.91 Å². The number of rotatable bonds is 8. The Labute approximate surface area is 195 Å². The molecule has 0 unspecified atom stereocenters. The largest absolute Gasteiger partial charge is 0.395 e. The number of carbonyl (C=O) groups is 1. The molecule has 3 N–H and O–H groups in total. The van der Waals surface area contributed by atoms with Crippen LogP contribution in [-0.2, 0) is 0 Å². The number of anilines is 4. The SMILES string of the molecule is CN(CCO)c1nc(Nc2cc(NC(=O)c3c(Cl)cccc3Cl)ccn2)cc(C2CC2)n1. The number of amides is 1. The number of hydrogen-bond donors (Lipinski definition) is 3. The third-order valence-electron chi connectivity index (χ3n) is 4.97. The van der Waals surface area contributed by atoms with Gasteiger partial charge in [-0.25, -0.2) is 9.97 Å². The van der Waals surface area contributed by atoms with E-state index in [9.17, 15) is 9.90 Å². The Morgan fingerprint density at radius 1 is 1.16 bits per heavy atom. The second-order valence-corrected chi connectivity index (χ2v) is 8.32. The minimum absolute atomic E-state index is 0.00895. The van der Waals surface area contributed by atoms with E-state index in [1.165, 1.54) is 0 Å². The molecule has 0 saturated heterocycles. The third kappa shape index (κ3) is 5.27. The number of aliphatic hydroxyl groups excluding tert-OH is 1. The topological polar surface area (TPSA) is 103 Å². The van der Waals surface area contributed by atoms with Crippen molar-refractivity contribution in [3.8, 4) is 0 Å². The van der Waals surface area contributed by atoms with Gasteiger partial charge >= 0.3 is 0 Å². The molecule has 0 radical (unpaired) electrons. The summed E-state index contributed by atoms with van der Waals surface area (Å²) >= 11 is 12.3. The average Bonchev–Trinajstić information content (AvgIpc) is 3.59. The third-order valence-corrected chi connectivity index (χ3v) is 5.60. The molecule has 3 aromatic rings. The summed E-state index contributed by atoms with van der Waals surface area (Å²) in [5.74, 6) is 1.64. The maximum absolute atomic E-state index is 12.7. The van der Waals surface area contributed by atoms with Gasteiger partial charge in [0, 0.05) is 43.5 Å². The van der Waals surface area contributed by atoms with Gasteiger partial charge in [-0.3, -0.25) is 4.79 Å². The van der Waals surface area contributed by atoms with Crippen LogP contribution in [0, 0.1) is 0 Å². The second-order valence-electron chi connectivity index (χ2n) is 7.50. The molecule has 2 aromatic heterocycles. The van der Waals surface area contributed by atoms with Crippen LogP contribution in [0.1, 0.15) is 34.8 Å². The smallest absolute Gasteiger partial charge is 0.258 e. The molecule has 10 heteroatoms. The van der Waals surface area contributed by atoms with E-state index >= 15 is 0 Å². The molecule has 0 atom stereocenters. The van der Waals surface area contributed by atoms with E-state index < -0.39 is 5.91 Å². The van der Waals surface area contributed by atoms with Gasteiger partial charge in [-0.2, -0.15) is 4.98 Å². The van der Waals surface area contributed by atoms with Crippen LogP contribution in [0.3, 0.4) is 0 Å². The van der Waals surface area contributed by atoms with Crippen LogP contribution in [0.2, 0.25) is 10.0 Å². The Bertz CT molecular complexity index is 1120. The molecule has 1 amide bonds. The summed E-state index contributed by atoms with van der Waals surface area (Å²) in [6.07, 6.45) is 3.78. The Hall–Kier alpha value is -2.94. The fraction of sp³-hybridized carbons (Fsp3) is 0.273. The molecular formula is C22H22Cl2N6O2. The number of nitrogens with one attached hydrogen (secondary N) is 2. The minimum atomic E-state index is -0.413. The summed E-state index contributed by atoms with van der Waals surface area (Å²) in [5.41, 5.74) is 1.70. The van der Waals surface area contributed by atoms with Gasteiger partial charge in [-0.15, -0.1) is 0 Å². The Balaban J connectivity index is 1.54. The predicted molar refractivity (Wildman–Crippen MR) is 126 cm³/mol. The molecular weight excluding hydrogens is 451 g/mol. The first kappa shape index (κ1) is 22.3. The van der Waals surface area contributed by atoms with Gasteiger partial charge in [-0.05, 0) is 31.0 Å². The minimum Gasteiger partial charge on any atom is -0.395 e. The van der Waals surface area contributed by atoms with Gasteiger partial charge in [-0.1, -0.05) is 29.3 Å². The van der Waals surface area contributed by atoms with Crippen LogP contribution in [0.4, 0.5) is 23.3 Å². The molecule has 1 aliphatic rings. The van der Waals surface area contributed by atoms with Gasteiger partial charge in [0.1, 0.15) is 11.6 Å². The molecule has 2 heterocycles. The highest BCUT2D eigenvalue weighted by molar-refractivity contribution is 6.40. The lowest BCUT2D eigenvalue weighted by molar-refractivity contribution is 0.102. The molecule has 0 bridgehead atoms. The quantitative estimate of drug-likeness (QED) is 0.443. The number of aliphatic hydroxyl groups is 1. The molecule has 8 nitrogen and oxygen atoms in total. The van der Waals surface area contributed by atoms with Crippen LogP contribution in [-0.4, -0.2) is 46.2 Å². The summed E-state index contributed by atoms with van der Waals surface area (Å²) in [6, 6.07) is 10.2. The van der Waals surface area contributed by atoms with E-state index in [1.807, 2.05) is 13.1 Å². The van der Waals surface area contributed by atoms with Crippen LogP contribution >= 0.6 is 23.2 Å². The van der Waals surface area contributed by atoms with E-state index in [0.29, 0.717) is 35.7 Å². The van der Waals surface area contributed by atoms with Crippen molar-refractivity contribution in [1.29, 1.82) is 0 Å². The molecule has 166 valence electrons. The van der Waals surface area contributed by atoms with Crippen molar-refractivity contribution in [3.63, 3.8) is 0 Å². The van der Waals surface area contributed by atoms with Crippen molar-refractivity contribution in [2.75, 3.05) is 35.7 Å². The first-order chi connectivity index (χ1) is 15.4. The van der Waals surface area contributed by atoms with Crippen molar-refractivity contribution < 1.29 is 9.90 Å². The molecule has 4 rings (SSSR count). The molecule has 0 aliphatic heterocycles. The van der Waals surface area contributed by atoms with Crippen molar-refractivity contribution in [2.45, 2.75) is 18.8 Å². The van der Waals surface area contributed by atoms with Crippen LogP contribution in [0.15, 0.2) is 42.6 Å². The summed E-state index contributed by atoms with van der Waals surface area (Å²) in [4.78, 5) is 28.0. The monoisotopic (exact) mass is 472 g/mol. The van der Waals surface area contributed by atoms with Gasteiger partial charge < -0.3 is 20.6 Å². The summed E-state index contributed by atoms with van der Waals surface area (Å²) in [5, 5.41) is 15.8. The maximum atomic E-state index is 12.7. The Morgan fingerprint density at radius 2 is 1.91 bits per heavy atom. The number of aromatic nitrogens is 3. The molecule has 32 heavy (non-hydrogen) atoms. The van der Waals surface area contributed by atoms with Crippen LogP contribution in [0.25, 0.3) is 0 Å². The number of benzene rings is 1. The van der Waals surface area contributed by atoms with E-state index in [-0.39, 0.29) is 22.2 Å². The molecule has 1 saturated carbocycles. The molecule has 0 spiro atoms. The first-order valence-corrected chi connectivity index (χ1v) is 10.9. The zero-order valence-electron chi connectivity index (χ0n) is 17.3. The zero-order chi connectivity index (χ0) is 22.7. The Morgan fingerprint density at radius 3 is 2.59 bits per heavy atom. The average molecular weight is 473 g/mol. The van der Waals surface area contributed by atoms with Crippen molar-refractivity contribution in [1.82, 2.24) is 15.0 Å². The first-order valence-electron chi connectivity index (χ1n) is 10.1. The van der Waals surface area contributed by atoms with E-state index in [0.717, 1.165) is 18.5 Å². The van der Waals surface area contributed by atoms with E-state index in [4.69, 9.17) is 23.2 Å². The van der Waals surface area contributed by atoms with Crippen LogP contribution < -0.4 is 15.5 Å². The maximum Gasteiger partial charge on any atom is 0.258 e. The number of likely N-dealkylation sites (N-methyl/N-ethyl adjacent to an activating group) is 1. The van der Waals surface area contributed by atoms with E-state index in [2.05, 4.69) is 25.6 Å². The van der Waals surface area contributed by atoms with Crippen molar-refractivity contribution in [2.24, 2.45) is 0 Å². The lowest BCUT2D eigenvalue weighted by Gasteiger charge is -2.18. The molecule has 1 aliphatic carbocycles. The highest BCUT2D eigenvalue weighted by Gasteiger charge is 2.26. The fourth-order valence-corrected chi connectivity index (χ4v) is 3.71. The van der Waals surface area contributed by atoms with Gasteiger partial charge in [0.2, 0.25) is 5.95 Å². The van der Waals surface area contributed by atoms with E-state index in [1.54, 1.807) is 41.4 Å². The lowest BCUT2D eigenvalue weighted by Crippen LogP contribution is -2.24. The summed E-state index contributed by atoms with van der Waals surface area (Å²) < 4.78 is 0. The van der Waals surface area contributed by atoms with Gasteiger partial charge in [0.15, 0.2) is 0 Å². The number of carbonyl (C=O) groups excluding carboxylic acids is 1. The summed E-state index contributed by atoms with van der Waals surface area (Å²) in [7, 11) is 1.83. The lowest BCUT2D eigenvalue weighted by atomic mass is 10.2. The normalized spacial score (nSPS) is 13.0. The second kappa shape index (κ2) is 9.68. The predicted octanol–water partition coefficient (Wildman–Crippen LogP) is 4.48. The molecule has 1 aromatic carbocycles. The van der Waals surface area contributed by atoms with Crippen molar-refractivity contribution in [3.05, 3.63) is 63.9 Å². The number of halogens is 2. The molecule has 1 fully saturated rings. The Kier molecular flexibility index (Phi) is 6.74. The zero-order valence-corrected chi connectivity index (χ0v) is 18.9. The number of hydrogen-bond acceptors (Lipinski definition) is 7. The number of pyridine rings is 1. The standard InChI is InChI=1S/C22H22Cl2N6O2/c1-30(9-10-31)22-27-17(13-5-6-13)12-19(29-22)28-18-11-14(7-8-25-18)26-21(32)20-15(23)3-2-4-16(20)24/h2-4,7-8,11-13,31H,5-6,9-10H2,1H3,(H2,25,26,27,28,29,32). The highest BCUT2D eigenvalue weighted by atomic mass is 35.5. The van der Waals surface area contributed by atoms with Crippen molar-refractivity contribution >= 4 is 52.4 Å².